The highest BCUT2D eigenvalue weighted by atomic mass is 19.3. The monoisotopic (exact) mass is 359 g/mol. The molecule has 4 rings (SSSR count). The van der Waals surface area contributed by atoms with E-state index in [1.807, 2.05) is 12.1 Å². The van der Waals surface area contributed by atoms with E-state index in [4.69, 9.17) is 4.52 Å². The average molecular weight is 359 g/mol. The van der Waals surface area contributed by atoms with Crippen molar-refractivity contribution >= 4 is 5.91 Å². The summed E-state index contributed by atoms with van der Waals surface area (Å²) in [4.78, 5) is 16.1. The zero-order chi connectivity index (χ0) is 18.3. The van der Waals surface area contributed by atoms with E-state index in [1.165, 1.54) is 4.68 Å². The molecule has 26 heavy (non-hydrogen) atoms. The summed E-state index contributed by atoms with van der Waals surface area (Å²) in [7, 11) is 1.71. The first kappa shape index (κ1) is 16.4. The molecule has 0 saturated carbocycles. The quantitative estimate of drug-likeness (QED) is 0.774. The Kier molecular flexibility index (Phi) is 3.98. The van der Waals surface area contributed by atoms with Crippen LogP contribution in [0.4, 0.5) is 8.78 Å². The minimum atomic E-state index is -2.77. The van der Waals surface area contributed by atoms with Gasteiger partial charge >= 0.3 is 6.43 Å². The van der Waals surface area contributed by atoms with E-state index < -0.39 is 12.2 Å². The van der Waals surface area contributed by atoms with Crippen molar-refractivity contribution in [2.24, 2.45) is 7.05 Å². The smallest absolute Gasteiger partial charge is 0.300 e. The molecule has 0 fully saturated rings. The van der Waals surface area contributed by atoms with Gasteiger partial charge in [-0.3, -0.25) is 9.48 Å². The van der Waals surface area contributed by atoms with E-state index in [2.05, 4.69) is 20.6 Å². The van der Waals surface area contributed by atoms with Crippen LogP contribution in [0.3, 0.4) is 0 Å². The molecule has 1 aliphatic carbocycles. The minimum absolute atomic E-state index is 0.0606. The zero-order valence-electron chi connectivity index (χ0n) is 13.8. The molecule has 0 aliphatic heterocycles. The molecule has 134 valence electrons. The zero-order valence-corrected chi connectivity index (χ0v) is 13.8. The van der Waals surface area contributed by atoms with Crippen molar-refractivity contribution in [3.05, 3.63) is 53.1 Å². The first-order chi connectivity index (χ1) is 12.5. The summed E-state index contributed by atoms with van der Waals surface area (Å²) < 4.78 is 31.6. The number of fused-ring (bicyclic) bond motifs is 1. The summed E-state index contributed by atoms with van der Waals surface area (Å²) in [5.74, 6) is -0.752. The van der Waals surface area contributed by atoms with Gasteiger partial charge in [0.1, 0.15) is 5.69 Å². The molecule has 7 nitrogen and oxygen atoms in total. The minimum Gasteiger partial charge on any atom is -0.344 e. The van der Waals surface area contributed by atoms with E-state index in [0.29, 0.717) is 11.3 Å². The molecule has 1 N–H and O–H groups in total. The van der Waals surface area contributed by atoms with Gasteiger partial charge in [-0.1, -0.05) is 11.2 Å². The third-order valence-corrected chi connectivity index (χ3v) is 4.46. The van der Waals surface area contributed by atoms with Gasteiger partial charge in [0.25, 0.3) is 11.8 Å². The molecule has 3 aromatic rings. The fourth-order valence-corrected chi connectivity index (χ4v) is 3.17. The molecule has 1 amide bonds. The number of amides is 1. The van der Waals surface area contributed by atoms with Crippen molar-refractivity contribution in [3.63, 3.8) is 0 Å². The number of nitrogens with zero attached hydrogens (tertiary/aromatic N) is 4. The van der Waals surface area contributed by atoms with Crippen LogP contribution in [0.2, 0.25) is 0 Å². The number of aromatic nitrogens is 4. The molecule has 0 bridgehead atoms. The fraction of sp³-hybridized carbons (Fsp3) is 0.294. The van der Waals surface area contributed by atoms with Gasteiger partial charge in [0.05, 0.1) is 6.04 Å². The summed E-state index contributed by atoms with van der Waals surface area (Å²) >= 11 is 0. The highest BCUT2D eigenvalue weighted by Gasteiger charge is 2.26. The molecule has 1 aliphatic rings. The Balaban J connectivity index is 1.54. The maximum atomic E-state index is 12.6. The summed E-state index contributed by atoms with van der Waals surface area (Å²) in [6.45, 7) is 0. The Labute approximate surface area is 147 Å². The van der Waals surface area contributed by atoms with Crippen LogP contribution in [0.5, 0.6) is 0 Å². The topological polar surface area (TPSA) is 85.8 Å². The molecule has 0 spiro atoms. The highest BCUT2D eigenvalue weighted by Crippen LogP contribution is 2.34. The number of aryl methyl sites for hydroxylation is 2. The molecule has 0 radical (unpaired) electrons. The van der Waals surface area contributed by atoms with Gasteiger partial charge in [0.15, 0.2) is 0 Å². The summed E-state index contributed by atoms with van der Waals surface area (Å²) in [5.41, 5.74) is 3.09. The summed E-state index contributed by atoms with van der Waals surface area (Å²) in [6, 6.07) is 6.98. The Morgan fingerprint density at radius 3 is 2.92 bits per heavy atom. The second-order valence-corrected chi connectivity index (χ2v) is 6.08. The Hall–Kier alpha value is -3.10. The van der Waals surface area contributed by atoms with Crippen molar-refractivity contribution in [2.45, 2.75) is 25.3 Å². The normalized spacial score (nSPS) is 16.1. The van der Waals surface area contributed by atoms with Crippen molar-refractivity contribution in [1.82, 2.24) is 25.2 Å². The third kappa shape index (κ3) is 2.85. The number of hydrogen-bond donors (Lipinski definition) is 1. The lowest BCUT2D eigenvalue weighted by atomic mass is 10.0. The number of hydrogen-bond acceptors (Lipinski definition) is 5. The second kappa shape index (κ2) is 6.32. The van der Waals surface area contributed by atoms with Crippen molar-refractivity contribution in [2.75, 3.05) is 0 Å². The van der Waals surface area contributed by atoms with Gasteiger partial charge in [0, 0.05) is 18.8 Å². The molecule has 1 aromatic carbocycles. The number of benzene rings is 1. The molecule has 1 atom stereocenters. The lowest BCUT2D eigenvalue weighted by molar-refractivity contribution is 0.0927. The molecule has 0 unspecified atom stereocenters. The van der Waals surface area contributed by atoms with Crippen LogP contribution >= 0.6 is 0 Å². The van der Waals surface area contributed by atoms with E-state index in [1.54, 1.807) is 25.4 Å². The van der Waals surface area contributed by atoms with Gasteiger partial charge in [-0.15, -0.1) is 0 Å². The number of halogens is 2. The van der Waals surface area contributed by atoms with Crippen molar-refractivity contribution in [3.8, 4) is 11.5 Å². The SMILES string of the molecule is Cn1nccc1C(=O)N[C@@H]1CCc2cc(-c3nc(C(F)F)no3)ccc21. The van der Waals surface area contributed by atoms with Crippen LogP contribution in [-0.2, 0) is 13.5 Å². The van der Waals surface area contributed by atoms with Crippen LogP contribution in [-0.4, -0.2) is 25.8 Å². The van der Waals surface area contributed by atoms with E-state index in [-0.39, 0.29) is 17.8 Å². The lowest BCUT2D eigenvalue weighted by Gasteiger charge is -2.14. The number of rotatable bonds is 4. The van der Waals surface area contributed by atoms with Gasteiger partial charge in [-0.2, -0.15) is 10.1 Å². The van der Waals surface area contributed by atoms with E-state index in [0.717, 1.165) is 24.0 Å². The van der Waals surface area contributed by atoms with Gasteiger partial charge < -0.3 is 9.84 Å². The maximum Gasteiger partial charge on any atom is 0.300 e. The number of carbonyl (C=O) groups excluding carboxylic acids is 1. The van der Waals surface area contributed by atoms with Crippen LogP contribution in [0.25, 0.3) is 11.5 Å². The molecule has 2 aromatic heterocycles. The highest BCUT2D eigenvalue weighted by molar-refractivity contribution is 5.92. The molecule has 2 heterocycles. The molecular weight excluding hydrogens is 344 g/mol. The van der Waals surface area contributed by atoms with E-state index in [9.17, 15) is 13.6 Å². The molecule has 9 heteroatoms. The predicted octanol–water partition coefficient (Wildman–Crippen LogP) is 2.83. The Morgan fingerprint density at radius 2 is 2.23 bits per heavy atom. The van der Waals surface area contributed by atoms with Crippen molar-refractivity contribution < 1.29 is 18.1 Å². The average Bonchev–Trinajstić information content (AvgIpc) is 3.34. The Bertz CT molecular complexity index is 966. The third-order valence-electron chi connectivity index (χ3n) is 4.46. The maximum absolute atomic E-state index is 12.6. The van der Waals surface area contributed by atoms with Gasteiger partial charge in [-0.05, 0) is 42.2 Å². The summed E-state index contributed by atoms with van der Waals surface area (Å²) in [6.07, 6.45) is 0.319. The van der Waals surface area contributed by atoms with Crippen LogP contribution in [0, 0.1) is 0 Å². The molecule has 0 saturated heterocycles. The number of carbonyl (C=O) groups is 1. The van der Waals surface area contributed by atoms with Gasteiger partial charge in [0.2, 0.25) is 5.82 Å². The lowest BCUT2D eigenvalue weighted by Crippen LogP contribution is -2.28. The van der Waals surface area contributed by atoms with Crippen LogP contribution in [0.1, 0.15) is 46.3 Å². The number of nitrogens with one attached hydrogen (secondary N) is 1. The fourth-order valence-electron chi connectivity index (χ4n) is 3.17. The summed E-state index contributed by atoms with van der Waals surface area (Å²) in [5, 5.41) is 10.3. The molecular formula is C17H15F2N5O2. The largest absolute Gasteiger partial charge is 0.344 e. The Morgan fingerprint density at radius 1 is 1.38 bits per heavy atom. The second-order valence-electron chi connectivity index (χ2n) is 6.08. The van der Waals surface area contributed by atoms with Crippen molar-refractivity contribution in [1.29, 1.82) is 0 Å². The van der Waals surface area contributed by atoms with E-state index >= 15 is 0 Å². The van der Waals surface area contributed by atoms with Crippen LogP contribution in [0.15, 0.2) is 35.0 Å². The predicted molar refractivity (Wildman–Crippen MR) is 86.4 cm³/mol. The first-order valence-electron chi connectivity index (χ1n) is 8.06. The number of alkyl halides is 2. The van der Waals surface area contributed by atoms with Gasteiger partial charge in [-0.25, -0.2) is 8.78 Å². The standard InChI is InChI=1S/C17H15F2N5O2/c1-24-13(6-7-20-24)16(25)21-12-5-3-9-8-10(2-4-11(9)12)17-22-15(14(18)19)23-26-17/h2,4,6-8,12,14H,3,5H2,1H3,(H,21,25)/t12-/m1/s1. The first-order valence-corrected chi connectivity index (χ1v) is 8.06. The van der Waals surface area contributed by atoms with Crippen LogP contribution < -0.4 is 5.32 Å².